The van der Waals surface area contributed by atoms with Gasteiger partial charge in [0.2, 0.25) is 5.90 Å². The van der Waals surface area contributed by atoms with Crippen LogP contribution in [0.4, 0.5) is 4.39 Å². The zero-order chi connectivity index (χ0) is 10.9. The lowest BCUT2D eigenvalue weighted by atomic mass is 10.0. The number of rotatable bonds is 4. The third kappa shape index (κ3) is 4.74. The lowest BCUT2D eigenvalue weighted by molar-refractivity contribution is 0.210. The number of nitrogens with one attached hydrogen (secondary N) is 1. The Morgan fingerprint density at radius 1 is 1.67 bits per heavy atom. The summed E-state index contributed by atoms with van der Waals surface area (Å²) in [6.45, 7) is 6.22. The van der Waals surface area contributed by atoms with Gasteiger partial charge in [-0.1, -0.05) is 6.58 Å². The van der Waals surface area contributed by atoms with E-state index in [1.807, 2.05) is 0 Å². The van der Waals surface area contributed by atoms with Crippen LogP contribution < -0.4 is 5.32 Å². The van der Waals surface area contributed by atoms with Gasteiger partial charge in [0, 0.05) is 12.5 Å². The van der Waals surface area contributed by atoms with Crippen LogP contribution in [0.1, 0.15) is 12.8 Å². The summed E-state index contributed by atoms with van der Waals surface area (Å²) < 4.78 is 17.1. The predicted molar refractivity (Wildman–Crippen MR) is 59.4 cm³/mol. The molecule has 84 valence electrons. The Bertz CT molecular complexity index is 245. The number of nitrogens with zero attached hydrogens (tertiary/aromatic N) is 1. The third-order valence-corrected chi connectivity index (χ3v) is 2.30. The molecule has 0 radical (unpaired) electrons. The molecular formula is C11H17FN2O. The van der Waals surface area contributed by atoms with Crippen LogP contribution in [0, 0.1) is 5.92 Å². The molecule has 1 aliphatic heterocycles. The molecule has 1 heterocycles. The van der Waals surface area contributed by atoms with Crippen LogP contribution in [0.15, 0.2) is 30.2 Å². The fourth-order valence-electron chi connectivity index (χ4n) is 1.52. The maximum atomic E-state index is 11.7. The summed E-state index contributed by atoms with van der Waals surface area (Å²) in [6.07, 6.45) is 5.25. The first-order valence-electron chi connectivity index (χ1n) is 5.15. The maximum Gasteiger partial charge on any atom is 0.212 e. The van der Waals surface area contributed by atoms with Crippen LogP contribution in [-0.2, 0) is 4.74 Å². The second-order valence-electron chi connectivity index (χ2n) is 3.47. The fourth-order valence-corrected chi connectivity index (χ4v) is 1.52. The molecule has 0 bridgehead atoms. The highest BCUT2D eigenvalue weighted by molar-refractivity contribution is 5.87. The highest BCUT2D eigenvalue weighted by Crippen LogP contribution is 2.10. The van der Waals surface area contributed by atoms with Gasteiger partial charge in [0.15, 0.2) is 0 Å². The molecule has 15 heavy (non-hydrogen) atoms. The average Bonchev–Trinajstić information content (AvgIpc) is 2.31. The van der Waals surface area contributed by atoms with Crippen LogP contribution in [0.25, 0.3) is 0 Å². The van der Waals surface area contributed by atoms with E-state index in [0.29, 0.717) is 24.8 Å². The Morgan fingerprint density at radius 3 is 3.13 bits per heavy atom. The van der Waals surface area contributed by atoms with Crippen molar-refractivity contribution >= 4 is 5.90 Å². The fraction of sp³-hybridized carbons (Fsp3) is 0.545. The molecule has 0 aromatic heterocycles. The van der Waals surface area contributed by atoms with E-state index in [0.717, 1.165) is 25.7 Å². The van der Waals surface area contributed by atoms with Gasteiger partial charge in [-0.15, -0.1) is 0 Å². The minimum Gasteiger partial charge on any atom is -0.477 e. The standard InChI is InChI=1S/C11H17FN2O/c1-2-11(14-7-5-12)15-9-10-4-3-6-13-8-10/h2,5,7,10,13H,1,3-4,6,8-9H2/b7-5+,14-11?. The van der Waals surface area contributed by atoms with Crippen LogP contribution in [0.5, 0.6) is 0 Å². The van der Waals surface area contributed by atoms with Gasteiger partial charge in [-0.2, -0.15) is 0 Å². The molecule has 1 saturated heterocycles. The number of piperidine rings is 1. The molecular weight excluding hydrogens is 195 g/mol. The van der Waals surface area contributed by atoms with E-state index in [4.69, 9.17) is 4.74 Å². The van der Waals surface area contributed by atoms with Gasteiger partial charge in [0.05, 0.1) is 12.8 Å². The summed E-state index contributed by atoms with van der Waals surface area (Å²) in [5.74, 6) is 0.882. The van der Waals surface area contributed by atoms with Crippen molar-refractivity contribution < 1.29 is 9.13 Å². The van der Waals surface area contributed by atoms with E-state index in [-0.39, 0.29) is 0 Å². The van der Waals surface area contributed by atoms with Crippen molar-refractivity contribution in [3.63, 3.8) is 0 Å². The SMILES string of the molecule is C=CC(=N/C=C/F)OCC1CCCNC1. The first-order chi connectivity index (χ1) is 7.36. The largest absolute Gasteiger partial charge is 0.477 e. The number of ether oxygens (including phenoxy) is 1. The zero-order valence-corrected chi connectivity index (χ0v) is 8.79. The molecule has 1 rings (SSSR count). The first-order valence-corrected chi connectivity index (χ1v) is 5.15. The maximum absolute atomic E-state index is 11.7. The Balaban J connectivity index is 2.29. The molecule has 1 N–H and O–H groups in total. The van der Waals surface area contributed by atoms with E-state index >= 15 is 0 Å². The van der Waals surface area contributed by atoms with E-state index < -0.39 is 0 Å². The summed E-state index contributed by atoms with van der Waals surface area (Å²) in [4.78, 5) is 3.75. The van der Waals surface area contributed by atoms with Crippen LogP contribution >= 0.6 is 0 Å². The van der Waals surface area contributed by atoms with E-state index in [1.54, 1.807) is 0 Å². The molecule has 4 heteroatoms. The van der Waals surface area contributed by atoms with Crippen molar-refractivity contribution in [2.24, 2.45) is 10.9 Å². The number of halogens is 1. The topological polar surface area (TPSA) is 33.6 Å². The van der Waals surface area contributed by atoms with Crippen molar-refractivity contribution in [3.05, 3.63) is 25.2 Å². The van der Waals surface area contributed by atoms with Gasteiger partial charge >= 0.3 is 0 Å². The van der Waals surface area contributed by atoms with Gasteiger partial charge in [-0.25, -0.2) is 9.38 Å². The molecule has 0 amide bonds. The van der Waals surface area contributed by atoms with Gasteiger partial charge in [-0.3, -0.25) is 0 Å². The quantitative estimate of drug-likeness (QED) is 0.571. The first kappa shape index (κ1) is 11.9. The van der Waals surface area contributed by atoms with Crippen molar-refractivity contribution in [1.29, 1.82) is 0 Å². The normalized spacial score (nSPS) is 23.0. The molecule has 1 aliphatic rings. The van der Waals surface area contributed by atoms with Crippen LogP contribution in [0.3, 0.4) is 0 Å². The zero-order valence-electron chi connectivity index (χ0n) is 8.79. The predicted octanol–water partition coefficient (Wildman–Crippen LogP) is 2.03. The van der Waals surface area contributed by atoms with E-state index in [1.165, 1.54) is 12.5 Å². The minimum atomic E-state index is 0.370. The smallest absolute Gasteiger partial charge is 0.212 e. The van der Waals surface area contributed by atoms with E-state index in [9.17, 15) is 4.39 Å². The molecule has 1 unspecified atom stereocenters. The van der Waals surface area contributed by atoms with Gasteiger partial charge in [0.1, 0.15) is 6.33 Å². The molecule has 0 saturated carbocycles. The lowest BCUT2D eigenvalue weighted by Gasteiger charge is -2.22. The van der Waals surface area contributed by atoms with E-state index in [2.05, 4.69) is 16.9 Å². The van der Waals surface area contributed by atoms with Crippen molar-refractivity contribution in [3.8, 4) is 0 Å². The second kappa shape index (κ2) is 7.17. The Labute approximate surface area is 89.7 Å². The van der Waals surface area contributed by atoms with Crippen LogP contribution in [-0.4, -0.2) is 25.6 Å². The second-order valence-corrected chi connectivity index (χ2v) is 3.47. The summed E-state index contributed by atoms with van der Waals surface area (Å²) >= 11 is 0. The lowest BCUT2D eigenvalue weighted by Crippen LogP contribution is -2.32. The number of hydrogen-bond acceptors (Lipinski definition) is 3. The molecule has 0 aliphatic carbocycles. The third-order valence-electron chi connectivity index (χ3n) is 2.30. The average molecular weight is 212 g/mol. The van der Waals surface area contributed by atoms with Crippen molar-refractivity contribution in [2.75, 3.05) is 19.7 Å². The summed E-state index contributed by atoms with van der Waals surface area (Å²) in [7, 11) is 0. The Kier molecular flexibility index (Phi) is 5.70. The Morgan fingerprint density at radius 2 is 2.53 bits per heavy atom. The molecule has 0 aromatic rings. The van der Waals surface area contributed by atoms with Crippen LogP contribution in [0.2, 0.25) is 0 Å². The summed E-state index contributed by atoms with van der Waals surface area (Å²) in [5, 5.41) is 3.30. The van der Waals surface area contributed by atoms with Gasteiger partial charge < -0.3 is 10.1 Å². The molecule has 0 aromatic carbocycles. The highest BCUT2D eigenvalue weighted by atomic mass is 19.1. The summed E-state index contributed by atoms with van der Waals surface area (Å²) in [5.41, 5.74) is 0. The molecule has 3 nitrogen and oxygen atoms in total. The number of aliphatic imine (C=N–C) groups is 1. The monoisotopic (exact) mass is 212 g/mol. The molecule has 1 fully saturated rings. The highest BCUT2D eigenvalue weighted by Gasteiger charge is 2.13. The van der Waals surface area contributed by atoms with Crippen molar-refractivity contribution in [1.82, 2.24) is 5.32 Å². The molecule has 0 spiro atoms. The molecule has 1 atom stereocenters. The Hall–Kier alpha value is -1.16. The number of hydrogen-bond donors (Lipinski definition) is 1. The van der Waals surface area contributed by atoms with Crippen molar-refractivity contribution in [2.45, 2.75) is 12.8 Å². The van der Waals surface area contributed by atoms with Gasteiger partial charge in [0.25, 0.3) is 0 Å². The minimum absolute atomic E-state index is 0.370. The summed E-state index contributed by atoms with van der Waals surface area (Å²) in [6, 6.07) is 0. The van der Waals surface area contributed by atoms with Gasteiger partial charge in [-0.05, 0) is 25.5 Å².